The van der Waals surface area contributed by atoms with Crippen molar-refractivity contribution in [3.8, 4) is 11.5 Å². The molecule has 1 atom stereocenters. The monoisotopic (exact) mass is 351 g/mol. The fraction of sp³-hybridized carbons (Fsp3) is 0.412. The predicted octanol–water partition coefficient (Wildman–Crippen LogP) is 2.70. The van der Waals surface area contributed by atoms with E-state index in [1.807, 2.05) is 38.1 Å². The van der Waals surface area contributed by atoms with E-state index in [9.17, 15) is 4.79 Å². The second kappa shape index (κ2) is 8.28. The van der Waals surface area contributed by atoms with Gasteiger partial charge in [0.25, 0.3) is 0 Å². The molecule has 130 valence electrons. The van der Waals surface area contributed by atoms with Gasteiger partial charge in [0.15, 0.2) is 0 Å². The first-order valence-corrected chi connectivity index (χ1v) is 7.77. The summed E-state index contributed by atoms with van der Waals surface area (Å²) in [5.41, 5.74) is 2.45. The van der Waals surface area contributed by atoms with Crippen LogP contribution in [0, 0.1) is 13.8 Å². The van der Waals surface area contributed by atoms with Crippen LogP contribution in [0.2, 0.25) is 0 Å². The van der Waals surface area contributed by atoms with E-state index in [-0.39, 0.29) is 24.4 Å². The summed E-state index contributed by atoms with van der Waals surface area (Å²) in [4.78, 5) is 16.5. The molecule has 0 saturated carbocycles. The molecule has 1 amide bonds. The average molecular weight is 352 g/mol. The minimum atomic E-state index is -0.0371. The maximum absolute atomic E-state index is 12.1. The van der Waals surface area contributed by atoms with Crippen LogP contribution in [0.25, 0.3) is 11.5 Å². The van der Waals surface area contributed by atoms with Crippen molar-refractivity contribution in [2.75, 3.05) is 25.1 Å². The number of aryl methyl sites for hydroxylation is 2. The zero-order valence-corrected chi connectivity index (χ0v) is 14.6. The van der Waals surface area contributed by atoms with Gasteiger partial charge in [-0.05, 0) is 32.0 Å². The lowest BCUT2D eigenvalue weighted by atomic mass is 10.1. The molecule has 1 saturated heterocycles. The van der Waals surface area contributed by atoms with Crippen molar-refractivity contribution in [1.29, 1.82) is 0 Å². The number of morpholine rings is 1. The van der Waals surface area contributed by atoms with Crippen LogP contribution >= 0.6 is 12.4 Å². The number of rotatable bonds is 4. The Bertz CT molecular complexity index is 677. The average Bonchev–Trinajstić information content (AvgIpc) is 2.88. The molecule has 1 aliphatic heterocycles. The van der Waals surface area contributed by atoms with E-state index in [0.29, 0.717) is 25.5 Å². The topological polar surface area (TPSA) is 76.4 Å². The van der Waals surface area contributed by atoms with Crippen LogP contribution in [0.3, 0.4) is 0 Å². The van der Waals surface area contributed by atoms with Crippen molar-refractivity contribution < 1.29 is 13.9 Å². The van der Waals surface area contributed by atoms with E-state index in [0.717, 1.165) is 29.2 Å². The number of anilines is 1. The van der Waals surface area contributed by atoms with E-state index < -0.39 is 0 Å². The summed E-state index contributed by atoms with van der Waals surface area (Å²) in [6, 6.07) is 7.59. The maximum atomic E-state index is 12.1. The van der Waals surface area contributed by atoms with Gasteiger partial charge >= 0.3 is 0 Å². The van der Waals surface area contributed by atoms with Gasteiger partial charge < -0.3 is 19.8 Å². The lowest BCUT2D eigenvalue weighted by Crippen LogP contribution is -2.43. The summed E-state index contributed by atoms with van der Waals surface area (Å²) < 4.78 is 11.0. The van der Waals surface area contributed by atoms with E-state index in [2.05, 4.69) is 15.6 Å². The Morgan fingerprint density at radius 3 is 2.92 bits per heavy atom. The van der Waals surface area contributed by atoms with Gasteiger partial charge in [-0.15, -0.1) is 12.4 Å². The first-order chi connectivity index (χ1) is 11.1. The van der Waals surface area contributed by atoms with Crippen LogP contribution in [-0.2, 0) is 9.53 Å². The number of amides is 1. The number of hydrogen-bond donors (Lipinski definition) is 2. The number of nitrogens with one attached hydrogen (secondary N) is 2. The third kappa shape index (κ3) is 4.56. The van der Waals surface area contributed by atoms with Gasteiger partial charge in [0, 0.05) is 30.3 Å². The first kappa shape index (κ1) is 18.4. The maximum Gasteiger partial charge on any atom is 0.226 e. The Balaban J connectivity index is 0.00000208. The molecule has 2 aromatic rings. The highest BCUT2D eigenvalue weighted by atomic mass is 35.5. The molecule has 3 rings (SSSR count). The van der Waals surface area contributed by atoms with Gasteiger partial charge in [-0.25, -0.2) is 4.98 Å². The van der Waals surface area contributed by atoms with Crippen molar-refractivity contribution >= 4 is 24.0 Å². The highest BCUT2D eigenvalue weighted by Crippen LogP contribution is 2.24. The first-order valence-electron chi connectivity index (χ1n) is 7.77. The summed E-state index contributed by atoms with van der Waals surface area (Å²) in [7, 11) is 0. The van der Waals surface area contributed by atoms with Gasteiger partial charge in [-0.2, -0.15) is 0 Å². The molecule has 1 unspecified atom stereocenters. The summed E-state index contributed by atoms with van der Waals surface area (Å²) >= 11 is 0. The van der Waals surface area contributed by atoms with Gasteiger partial charge in [0.1, 0.15) is 5.76 Å². The van der Waals surface area contributed by atoms with Crippen molar-refractivity contribution in [2.24, 2.45) is 0 Å². The van der Waals surface area contributed by atoms with Crippen molar-refractivity contribution in [2.45, 2.75) is 26.3 Å². The number of halogens is 1. The summed E-state index contributed by atoms with van der Waals surface area (Å²) in [5.74, 6) is 1.33. The Labute approximate surface area is 147 Å². The zero-order valence-electron chi connectivity index (χ0n) is 13.8. The largest absolute Gasteiger partial charge is 0.441 e. The molecule has 7 heteroatoms. The van der Waals surface area contributed by atoms with Gasteiger partial charge in [-0.1, -0.05) is 6.07 Å². The van der Waals surface area contributed by atoms with Gasteiger partial charge in [0.2, 0.25) is 11.8 Å². The van der Waals surface area contributed by atoms with Crippen molar-refractivity contribution in [1.82, 2.24) is 10.3 Å². The van der Waals surface area contributed by atoms with Gasteiger partial charge in [-0.3, -0.25) is 4.79 Å². The molecule has 2 heterocycles. The molecule has 24 heavy (non-hydrogen) atoms. The molecule has 0 radical (unpaired) electrons. The minimum absolute atomic E-state index is 0. The molecule has 1 aromatic heterocycles. The Morgan fingerprint density at radius 2 is 2.25 bits per heavy atom. The smallest absolute Gasteiger partial charge is 0.226 e. The molecule has 1 fully saturated rings. The SMILES string of the molecule is Cc1nc(-c2cccc(NC(=O)CC3COCCN3)c2)oc1C.Cl. The number of nitrogens with zero attached hydrogens (tertiary/aromatic N) is 1. The summed E-state index contributed by atoms with van der Waals surface area (Å²) in [5, 5.41) is 6.19. The number of benzene rings is 1. The number of carbonyl (C=O) groups excluding carboxylic acids is 1. The summed E-state index contributed by atoms with van der Waals surface area (Å²) in [6.07, 6.45) is 0.390. The minimum Gasteiger partial charge on any atom is -0.441 e. The Kier molecular flexibility index (Phi) is 6.36. The number of oxazole rings is 1. The predicted molar refractivity (Wildman–Crippen MR) is 94.5 cm³/mol. The standard InChI is InChI=1S/C17H21N3O3.ClH/c1-11-12(2)23-17(19-11)13-4-3-5-14(8-13)20-16(21)9-15-10-22-7-6-18-15;/h3-5,8,15,18H,6-7,9-10H2,1-2H3,(H,20,21);1H. The second-order valence-corrected chi connectivity index (χ2v) is 5.72. The molecule has 1 aliphatic rings. The van der Waals surface area contributed by atoms with E-state index in [4.69, 9.17) is 9.15 Å². The van der Waals surface area contributed by atoms with Crippen molar-refractivity contribution in [3.63, 3.8) is 0 Å². The fourth-order valence-electron chi connectivity index (χ4n) is 2.51. The molecule has 6 nitrogen and oxygen atoms in total. The van der Waals surface area contributed by atoms with E-state index in [1.54, 1.807) is 0 Å². The van der Waals surface area contributed by atoms with E-state index in [1.165, 1.54) is 0 Å². The Morgan fingerprint density at radius 1 is 1.42 bits per heavy atom. The Hall–Kier alpha value is -1.89. The van der Waals surface area contributed by atoms with Crippen LogP contribution in [0.4, 0.5) is 5.69 Å². The van der Waals surface area contributed by atoms with Crippen LogP contribution in [0.15, 0.2) is 28.7 Å². The van der Waals surface area contributed by atoms with Crippen LogP contribution in [0.5, 0.6) is 0 Å². The normalized spacial score (nSPS) is 17.2. The van der Waals surface area contributed by atoms with Crippen LogP contribution < -0.4 is 10.6 Å². The zero-order chi connectivity index (χ0) is 16.2. The molecule has 0 bridgehead atoms. The van der Waals surface area contributed by atoms with Crippen LogP contribution in [0.1, 0.15) is 17.9 Å². The van der Waals surface area contributed by atoms with E-state index >= 15 is 0 Å². The fourth-order valence-corrected chi connectivity index (χ4v) is 2.51. The third-order valence-corrected chi connectivity index (χ3v) is 3.85. The lowest BCUT2D eigenvalue weighted by molar-refractivity contribution is -0.117. The lowest BCUT2D eigenvalue weighted by Gasteiger charge is -2.23. The second-order valence-electron chi connectivity index (χ2n) is 5.72. The molecular weight excluding hydrogens is 330 g/mol. The van der Waals surface area contributed by atoms with Crippen LogP contribution in [-0.4, -0.2) is 36.7 Å². The van der Waals surface area contributed by atoms with Gasteiger partial charge in [0.05, 0.1) is 18.9 Å². The highest BCUT2D eigenvalue weighted by Gasteiger charge is 2.17. The van der Waals surface area contributed by atoms with Crippen molar-refractivity contribution in [3.05, 3.63) is 35.7 Å². The number of aromatic nitrogens is 1. The molecule has 2 N–H and O–H groups in total. The quantitative estimate of drug-likeness (QED) is 0.885. The molecule has 0 spiro atoms. The number of hydrogen-bond acceptors (Lipinski definition) is 5. The number of ether oxygens (including phenoxy) is 1. The molecular formula is C17H22ClN3O3. The molecule has 0 aliphatic carbocycles. The number of carbonyl (C=O) groups is 1. The highest BCUT2D eigenvalue weighted by molar-refractivity contribution is 5.91. The molecule has 1 aromatic carbocycles. The third-order valence-electron chi connectivity index (χ3n) is 3.85. The summed E-state index contributed by atoms with van der Waals surface area (Å²) in [6.45, 7) is 5.86.